The first kappa shape index (κ1) is 11.4. The number of halogens is 3. The van der Waals surface area contributed by atoms with E-state index in [-0.39, 0.29) is 12.1 Å². The zero-order chi connectivity index (χ0) is 11.6. The van der Waals surface area contributed by atoms with Crippen LogP contribution in [0.3, 0.4) is 0 Å². The summed E-state index contributed by atoms with van der Waals surface area (Å²) in [7, 11) is 0. The van der Waals surface area contributed by atoms with E-state index in [2.05, 4.69) is 4.98 Å². The van der Waals surface area contributed by atoms with Gasteiger partial charge in [0.25, 0.3) is 6.43 Å². The van der Waals surface area contributed by atoms with E-state index in [9.17, 15) is 18.0 Å². The van der Waals surface area contributed by atoms with Crippen LogP contribution in [0.15, 0.2) is 6.20 Å². The van der Waals surface area contributed by atoms with Gasteiger partial charge in [-0.1, -0.05) is 0 Å². The molecule has 0 saturated heterocycles. The highest BCUT2D eigenvalue weighted by atomic mass is 19.3. The van der Waals surface area contributed by atoms with Gasteiger partial charge in [0.2, 0.25) is 0 Å². The van der Waals surface area contributed by atoms with Crippen LogP contribution in [-0.2, 0) is 6.54 Å². The van der Waals surface area contributed by atoms with Crippen molar-refractivity contribution in [1.29, 1.82) is 0 Å². The van der Waals surface area contributed by atoms with Crippen molar-refractivity contribution in [1.82, 2.24) is 4.98 Å². The number of hydrogen-bond acceptors (Lipinski definition) is 3. The summed E-state index contributed by atoms with van der Waals surface area (Å²) in [5.41, 5.74) is 2.63. The maximum atomic E-state index is 13.3. The Morgan fingerprint density at radius 3 is 2.60 bits per heavy atom. The van der Waals surface area contributed by atoms with Gasteiger partial charge in [-0.15, -0.1) is 0 Å². The molecule has 1 heterocycles. The highest BCUT2D eigenvalue weighted by Crippen LogP contribution is 2.26. The summed E-state index contributed by atoms with van der Waals surface area (Å²) >= 11 is 0. The summed E-state index contributed by atoms with van der Waals surface area (Å²) in [6.45, 7) is -0.321. The number of pyridine rings is 1. The van der Waals surface area contributed by atoms with E-state index in [0.29, 0.717) is 0 Å². The van der Waals surface area contributed by atoms with E-state index in [1.165, 1.54) is 0 Å². The van der Waals surface area contributed by atoms with Gasteiger partial charge >= 0.3 is 5.97 Å². The van der Waals surface area contributed by atoms with Crippen LogP contribution in [0, 0.1) is 5.82 Å². The minimum Gasteiger partial charge on any atom is -0.476 e. The van der Waals surface area contributed by atoms with Crippen molar-refractivity contribution in [3.05, 3.63) is 28.8 Å². The number of alkyl halides is 2. The average molecular weight is 220 g/mol. The summed E-state index contributed by atoms with van der Waals surface area (Å²) in [6.07, 6.45) is -2.40. The fourth-order valence-electron chi connectivity index (χ4n) is 1.06. The monoisotopic (exact) mass is 220 g/mol. The highest BCUT2D eigenvalue weighted by molar-refractivity contribution is 5.87. The molecule has 0 radical (unpaired) electrons. The van der Waals surface area contributed by atoms with Crippen LogP contribution in [0.25, 0.3) is 0 Å². The van der Waals surface area contributed by atoms with Gasteiger partial charge in [0.1, 0.15) is 5.82 Å². The molecule has 0 aromatic carbocycles. The topological polar surface area (TPSA) is 76.2 Å². The Balaban J connectivity index is 3.44. The largest absolute Gasteiger partial charge is 0.476 e. The minimum atomic E-state index is -3.24. The molecular weight excluding hydrogens is 213 g/mol. The number of rotatable bonds is 3. The van der Waals surface area contributed by atoms with Crippen LogP contribution in [0.5, 0.6) is 0 Å². The molecule has 0 bridgehead atoms. The lowest BCUT2D eigenvalue weighted by atomic mass is 10.1. The minimum absolute atomic E-state index is 0.240. The molecule has 4 nitrogen and oxygen atoms in total. The molecule has 7 heteroatoms. The summed E-state index contributed by atoms with van der Waals surface area (Å²) in [6, 6.07) is 0. The molecule has 0 aliphatic carbocycles. The molecule has 82 valence electrons. The van der Waals surface area contributed by atoms with Crippen LogP contribution in [-0.4, -0.2) is 16.1 Å². The van der Waals surface area contributed by atoms with Crippen molar-refractivity contribution in [3.8, 4) is 0 Å². The Morgan fingerprint density at radius 2 is 2.20 bits per heavy atom. The van der Waals surface area contributed by atoms with Crippen molar-refractivity contribution in [2.45, 2.75) is 13.0 Å². The molecule has 0 atom stereocenters. The Hall–Kier alpha value is -1.63. The number of nitrogens with zero attached hydrogens (tertiary/aromatic N) is 1. The normalized spacial score (nSPS) is 10.7. The zero-order valence-electron chi connectivity index (χ0n) is 7.38. The first-order valence-corrected chi connectivity index (χ1v) is 3.87. The SMILES string of the molecule is NCc1cnc(C(=O)O)c(C(F)F)c1F. The number of nitrogens with two attached hydrogens (primary N) is 1. The van der Waals surface area contributed by atoms with Crippen LogP contribution in [0.4, 0.5) is 13.2 Å². The van der Waals surface area contributed by atoms with Gasteiger partial charge in [0.15, 0.2) is 5.69 Å². The Morgan fingerprint density at radius 1 is 1.60 bits per heavy atom. The van der Waals surface area contributed by atoms with E-state index < -0.39 is 29.5 Å². The quantitative estimate of drug-likeness (QED) is 0.805. The van der Waals surface area contributed by atoms with Gasteiger partial charge in [0.05, 0.1) is 5.56 Å². The standard InChI is InChI=1S/C8H7F3N2O2/c9-5-3(1-12)2-13-6(8(14)15)4(5)7(10)11/h2,7H,1,12H2,(H,14,15). The lowest BCUT2D eigenvalue weighted by Crippen LogP contribution is -2.12. The second kappa shape index (κ2) is 4.26. The Kier molecular flexibility index (Phi) is 3.25. The molecule has 15 heavy (non-hydrogen) atoms. The second-order valence-corrected chi connectivity index (χ2v) is 2.67. The molecule has 1 aromatic rings. The Bertz CT molecular complexity index is 396. The fourth-order valence-corrected chi connectivity index (χ4v) is 1.06. The second-order valence-electron chi connectivity index (χ2n) is 2.67. The lowest BCUT2D eigenvalue weighted by molar-refractivity contribution is 0.0674. The molecule has 0 saturated carbocycles. The highest BCUT2D eigenvalue weighted by Gasteiger charge is 2.25. The van der Waals surface area contributed by atoms with Crippen LogP contribution >= 0.6 is 0 Å². The maximum Gasteiger partial charge on any atom is 0.355 e. The van der Waals surface area contributed by atoms with Crippen LogP contribution < -0.4 is 5.73 Å². The predicted molar refractivity (Wildman–Crippen MR) is 44.0 cm³/mol. The molecule has 0 fully saturated rings. The first-order chi connectivity index (χ1) is 6.99. The molecule has 0 aliphatic heterocycles. The molecule has 0 aliphatic rings. The zero-order valence-corrected chi connectivity index (χ0v) is 7.38. The van der Waals surface area contributed by atoms with Crippen molar-refractivity contribution >= 4 is 5.97 Å². The fraction of sp³-hybridized carbons (Fsp3) is 0.250. The molecule has 0 unspecified atom stereocenters. The number of carbonyl (C=O) groups is 1. The van der Waals surface area contributed by atoms with E-state index in [1.807, 2.05) is 0 Å². The van der Waals surface area contributed by atoms with Crippen molar-refractivity contribution in [3.63, 3.8) is 0 Å². The number of carboxylic acids is 1. The number of carboxylic acid groups (broad SMARTS) is 1. The maximum absolute atomic E-state index is 13.3. The van der Waals surface area contributed by atoms with Crippen molar-refractivity contribution < 1.29 is 23.1 Å². The Labute approximate surface area is 82.5 Å². The van der Waals surface area contributed by atoms with Crippen molar-refractivity contribution in [2.75, 3.05) is 0 Å². The molecular formula is C8H7F3N2O2. The van der Waals surface area contributed by atoms with Gasteiger partial charge in [-0.2, -0.15) is 0 Å². The molecule has 1 rings (SSSR count). The van der Waals surface area contributed by atoms with Gasteiger partial charge in [0, 0.05) is 18.3 Å². The smallest absolute Gasteiger partial charge is 0.355 e. The van der Waals surface area contributed by atoms with Gasteiger partial charge in [-0.3, -0.25) is 0 Å². The van der Waals surface area contributed by atoms with Gasteiger partial charge < -0.3 is 10.8 Å². The summed E-state index contributed by atoms with van der Waals surface area (Å²) < 4.78 is 38.0. The van der Waals surface area contributed by atoms with Crippen LogP contribution in [0.2, 0.25) is 0 Å². The van der Waals surface area contributed by atoms with Crippen molar-refractivity contribution in [2.24, 2.45) is 5.73 Å². The summed E-state index contributed by atoms with van der Waals surface area (Å²) in [5, 5.41) is 8.51. The third kappa shape index (κ3) is 2.07. The van der Waals surface area contributed by atoms with E-state index in [1.54, 1.807) is 0 Å². The van der Waals surface area contributed by atoms with E-state index in [4.69, 9.17) is 10.8 Å². The third-order valence-electron chi connectivity index (χ3n) is 1.76. The van der Waals surface area contributed by atoms with Gasteiger partial charge in [-0.25, -0.2) is 22.9 Å². The molecule has 1 aromatic heterocycles. The van der Waals surface area contributed by atoms with Gasteiger partial charge in [-0.05, 0) is 0 Å². The molecule has 0 amide bonds. The van der Waals surface area contributed by atoms with E-state index >= 15 is 0 Å². The van der Waals surface area contributed by atoms with Crippen LogP contribution in [0.1, 0.15) is 28.0 Å². The molecule has 3 N–H and O–H groups in total. The summed E-state index contributed by atoms with van der Waals surface area (Å²) in [5.74, 6) is -3.01. The number of aromatic carboxylic acids is 1. The average Bonchev–Trinajstić information content (AvgIpc) is 2.16. The first-order valence-electron chi connectivity index (χ1n) is 3.87. The number of hydrogen-bond donors (Lipinski definition) is 2. The van der Waals surface area contributed by atoms with E-state index in [0.717, 1.165) is 6.20 Å². The summed E-state index contributed by atoms with van der Waals surface area (Å²) in [4.78, 5) is 13.7. The predicted octanol–water partition coefficient (Wildman–Crippen LogP) is 1.32. The number of aromatic nitrogens is 1. The third-order valence-corrected chi connectivity index (χ3v) is 1.76. The lowest BCUT2D eigenvalue weighted by Gasteiger charge is -2.08. The molecule has 0 spiro atoms.